The molecule has 0 aromatic rings. The van der Waals surface area contributed by atoms with Gasteiger partial charge in [-0.25, -0.2) is 0 Å². The van der Waals surface area contributed by atoms with Crippen LogP contribution in [0.25, 0.3) is 0 Å². The normalized spacial score (nSPS) is 17.9. The molecule has 0 N–H and O–H groups in total. The highest BCUT2D eigenvalue weighted by molar-refractivity contribution is 7.98. The van der Waals surface area contributed by atoms with Crippen LogP contribution in [-0.2, 0) is 4.79 Å². The van der Waals surface area contributed by atoms with Gasteiger partial charge in [0.15, 0.2) is 0 Å². The minimum absolute atomic E-state index is 0.244. The zero-order valence-corrected chi connectivity index (χ0v) is 11.7. The van der Waals surface area contributed by atoms with Crippen LogP contribution >= 0.6 is 11.8 Å². The van der Waals surface area contributed by atoms with Gasteiger partial charge in [-0.3, -0.25) is 9.69 Å². The molecule has 17 heavy (non-hydrogen) atoms. The summed E-state index contributed by atoms with van der Waals surface area (Å²) in [7, 11) is 0. The molecule has 0 saturated carbocycles. The van der Waals surface area contributed by atoms with Crippen molar-refractivity contribution in [2.75, 3.05) is 38.2 Å². The lowest BCUT2D eigenvalue weighted by atomic mass is 10.0. The Morgan fingerprint density at radius 2 is 1.94 bits per heavy atom. The Morgan fingerprint density at radius 1 is 1.35 bits per heavy atom. The van der Waals surface area contributed by atoms with E-state index in [2.05, 4.69) is 11.0 Å². The highest BCUT2D eigenvalue weighted by atomic mass is 32.2. The third kappa shape index (κ3) is 3.90. The van der Waals surface area contributed by atoms with E-state index in [9.17, 15) is 4.79 Å². The number of thioether (sulfide) groups is 1. The first kappa shape index (κ1) is 14.3. The second kappa shape index (κ2) is 6.27. The Morgan fingerprint density at radius 3 is 2.41 bits per heavy atom. The molecule has 0 atom stereocenters. The fourth-order valence-electron chi connectivity index (χ4n) is 1.93. The molecule has 96 valence electrons. The van der Waals surface area contributed by atoms with Crippen LogP contribution < -0.4 is 0 Å². The maximum atomic E-state index is 11.8. The van der Waals surface area contributed by atoms with E-state index in [0.29, 0.717) is 6.42 Å². The van der Waals surface area contributed by atoms with Crippen LogP contribution in [0, 0.1) is 11.3 Å². The van der Waals surface area contributed by atoms with Crippen LogP contribution in [0.2, 0.25) is 0 Å². The lowest BCUT2D eigenvalue weighted by Crippen LogP contribution is -2.55. The quantitative estimate of drug-likeness (QED) is 0.757. The van der Waals surface area contributed by atoms with Crippen molar-refractivity contribution < 1.29 is 4.79 Å². The van der Waals surface area contributed by atoms with Crippen molar-refractivity contribution in [3.63, 3.8) is 0 Å². The van der Waals surface area contributed by atoms with Crippen molar-refractivity contribution >= 4 is 17.7 Å². The fourth-order valence-corrected chi connectivity index (χ4v) is 2.31. The van der Waals surface area contributed by atoms with Crippen LogP contribution in [0.5, 0.6) is 0 Å². The van der Waals surface area contributed by atoms with E-state index in [4.69, 9.17) is 5.26 Å². The summed E-state index contributed by atoms with van der Waals surface area (Å²) in [5.74, 6) is 1.14. The molecule has 0 aliphatic carbocycles. The lowest BCUT2D eigenvalue weighted by Gasteiger charge is -2.40. The van der Waals surface area contributed by atoms with E-state index in [-0.39, 0.29) is 5.91 Å². The summed E-state index contributed by atoms with van der Waals surface area (Å²) in [4.78, 5) is 15.9. The first-order valence-corrected chi connectivity index (χ1v) is 7.33. The van der Waals surface area contributed by atoms with Crippen molar-refractivity contribution in [2.45, 2.75) is 25.8 Å². The molecular formula is C12H21N3OS. The Labute approximate surface area is 108 Å². The van der Waals surface area contributed by atoms with E-state index in [1.54, 1.807) is 11.8 Å². The van der Waals surface area contributed by atoms with Gasteiger partial charge in [-0.2, -0.15) is 17.0 Å². The van der Waals surface area contributed by atoms with E-state index in [0.717, 1.165) is 31.9 Å². The van der Waals surface area contributed by atoms with Gasteiger partial charge < -0.3 is 4.90 Å². The van der Waals surface area contributed by atoms with E-state index >= 15 is 0 Å². The van der Waals surface area contributed by atoms with Crippen LogP contribution in [0.3, 0.4) is 0 Å². The van der Waals surface area contributed by atoms with E-state index in [1.807, 2.05) is 25.0 Å². The van der Waals surface area contributed by atoms with Crippen molar-refractivity contribution in [3.8, 4) is 6.07 Å². The molecule has 0 unspecified atom stereocenters. The summed E-state index contributed by atoms with van der Waals surface area (Å²) in [6, 6.07) is 2.31. The van der Waals surface area contributed by atoms with Gasteiger partial charge in [0.05, 0.1) is 6.07 Å². The molecule has 0 aromatic heterocycles. The Hall–Kier alpha value is -0.730. The van der Waals surface area contributed by atoms with Gasteiger partial charge >= 0.3 is 0 Å². The number of nitriles is 1. The predicted molar refractivity (Wildman–Crippen MR) is 70.8 cm³/mol. The van der Waals surface area contributed by atoms with Crippen molar-refractivity contribution in [3.05, 3.63) is 0 Å². The van der Waals surface area contributed by atoms with E-state index in [1.165, 1.54) is 0 Å². The van der Waals surface area contributed by atoms with Gasteiger partial charge in [0, 0.05) is 38.4 Å². The summed E-state index contributed by atoms with van der Waals surface area (Å²) < 4.78 is 0. The molecule has 5 heteroatoms. The number of nitrogens with zero attached hydrogens (tertiary/aromatic N) is 3. The van der Waals surface area contributed by atoms with E-state index < -0.39 is 5.54 Å². The molecule has 1 fully saturated rings. The van der Waals surface area contributed by atoms with Crippen molar-refractivity contribution in [1.29, 1.82) is 5.26 Å². The standard InChI is InChI=1S/C12H21N3OS/c1-12(2,10-13)15-7-5-14(6-8-15)11(16)4-9-17-3/h4-9H2,1-3H3. The van der Waals surface area contributed by atoms with Gasteiger partial charge in [0.2, 0.25) is 5.91 Å². The SMILES string of the molecule is CSCCC(=O)N1CCN(C(C)(C)C#N)CC1. The summed E-state index contributed by atoms with van der Waals surface area (Å²) in [6.07, 6.45) is 2.64. The molecule has 0 radical (unpaired) electrons. The largest absolute Gasteiger partial charge is 0.340 e. The molecule has 1 amide bonds. The maximum Gasteiger partial charge on any atom is 0.223 e. The average molecular weight is 255 g/mol. The van der Waals surface area contributed by atoms with Crippen LogP contribution in [0.4, 0.5) is 0 Å². The molecule has 0 spiro atoms. The average Bonchev–Trinajstić information content (AvgIpc) is 2.36. The predicted octanol–water partition coefficient (Wildman–Crippen LogP) is 1.19. The van der Waals surface area contributed by atoms with Crippen LogP contribution in [-0.4, -0.2) is 59.4 Å². The molecule has 0 bridgehead atoms. The molecule has 1 heterocycles. The topological polar surface area (TPSA) is 47.3 Å². The van der Waals surface area contributed by atoms with Gasteiger partial charge in [0.25, 0.3) is 0 Å². The van der Waals surface area contributed by atoms with Gasteiger partial charge in [-0.05, 0) is 20.1 Å². The molecule has 1 aliphatic rings. The Balaban J connectivity index is 2.41. The maximum absolute atomic E-state index is 11.8. The Kier molecular flexibility index (Phi) is 5.29. The highest BCUT2D eigenvalue weighted by Gasteiger charge is 2.30. The number of amides is 1. The summed E-state index contributed by atoms with van der Waals surface area (Å²) >= 11 is 1.70. The smallest absolute Gasteiger partial charge is 0.223 e. The number of hydrogen-bond donors (Lipinski definition) is 0. The second-order valence-electron chi connectivity index (χ2n) is 4.78. The molecular weight excluding hydrogens is 234 g/mol. The zero-order valence-electron chi connectivity index (χ0n) is 10.9. The third-order valence-electron chi connectivity index (χ3n) is 3.22. The van der Waals surface area contributed by atoms with Crippen molar-refractivity contribution in [2.24, 2.45) is 0 Å². The molecule has 1 rings (SSSR count). The monoisotopic (exact) mass is 255 g/mol. The van der Waals surface area contributed by atoms with Crippen LogP contribution in [0.1, 0.15) is 20.3 Å². The molecule has 0 aromatic carbocycles. The Bertz CT molecular complexity index is 303. The number of piperazine rings is 1. The minimum Gasteiger partial charge on any atom is -0.340 e. The van der Waals surface area contributed by atoms with Gasteiger partial charge in [-0.1, -0.05) is 0 Å². The molecule has 1 saturated heterocycles. The zero-order chi connectivity index (χ0) is 12.9. The van der Waals surface area contributed by atoms with Crippen LogP contribution in [0.15, 0.2) is 0 Å². The third-order valence-corrected chi connectivity index (χ3v) is 3.83. The number of carbonyl (C=O) groups excluding carboxylic acids is 1. The summed E-state index contributed by atoms with van der Waals surface area (Å²) in [5.41, 5.74) is -0.422. The first-order chi connectivity index (χ1) is 8.01. The number of carbonyl (C=O) groups is 1. The number of rotatable bonds is 4. The summed E-state index contributed by atoms with van der Waals surface area (Å²) in [5, 5.41) is 9.06. The first-order valence-electron chi connectivity index (χ1n) is 5.94. The summed E-state index contributed by atoms with van der Waals surface area (Å²) in [6.45, 7) is 6.95. The van der Waals surface area contributed by atoms with Gasteiger partial charge in [-0.15, -0.1) is 0 Å². The highest BCUT2D eigenvalue weighted by Crippen LogP contribution is 2.16. The van der Waals surface area contributed by atoms with Gasteiger partial charge in [0.1, 0.15) is 5.54 Å². The van der Waals surface area contributed by atoms with Crippen molar-refractivity contribution in [1.82, 2.24) is 9.80 Å². The molecule has 4 nitrogen and oxygen atoms in total. The fraction of sp³-hybridized carbons (Fsp3) is 0.833. The molecule has 1 aliphatic heterocycles. The second-order valence-corrected chi connectivity index (χ2v) is 5.77. The lowest BCUT2D eigenvalue weighted by molar-refractivity contribution is -0.133. The minimum atomic E-state index is -0.422. The number of hydrogen-bond acceptors (Lipinski definition) is 4.